The van der Waals surface area contributed by atoms with Gasteiger partial charge in [0.25, 0.3) is 5.91 Å². The van der Waals surface area contributed by atoms with E-state index in [2.05, 4.69) is 39.7 Å². The molecule has 0 unspecified atom stereocenters. The highest BCUT2D eigenvalue weighted by Crippen LogP contribution is 2.24. The van der Waals surface area contributed by atoms with E-state index < -0.39 is 0 Å². The van der Waals surface area contributed by atoms with Crippen LogP contribution in [0, 0.1) is 0 Å². The second kappa shape index (κ2) is 6.95. The van der Waals surface area contributed by atoms with Crippen molar-refractivity contribution in [2.45, 2.75) is 19.8 Å². The summed E-state index contributed by atoms with van der Waals surface area (Å²) in [5.41, 5.74) is 3.75. The summed E-state index contributed by atoms with van der Waals surface area (Å²) >= 11 is 0. The van der Waals surface area contributed by atoms with Gasteiger partial charge in [-0.15, -0.1) is 5.10 Å². The second-order valence-corrected chi connectivity index (χ2v) is 6.53. The molecule has 0 spiro atoms. The van der Waals surface area contributed by atoms with Crippen LogP contribution in [0.1, 0.15) is 35.8 Å². The number of tetrazole rings is 1. The monoisotopic (exact) mass is 358 g/mol. The predicted molar refractivity (Wildman–Crippen MR) is 103 cm³/mol. The van der Waals surface area contributed by atoms with Crippen LogP contribution in [0.3, 0.4) is 0 Å². The zero-order valence-corrected chi connectivity index (χ0v) is 15.0. The predicted octanol–water partition coefficient (Wildman–Crippen LogP) is 3.59. The van der Waals surface area contributed by atoms with Crippen LogP contribution in [0.15, 0.2) is 60.9 Å². The van der Waals surface area contributed by atoms with Gasteiger partial charge in [-0.3, -0.25) is 9.78 Å². The first kappa shape index (κ1) is 16.8. The van der Waals surface area contributed by atoms with E-state index in [-0.39, 0.29) is 11.8 Å². The fourth-order valence-electron chi connectivity index (χ4n) is 2.88. The Kier molecular flexibility index (Phi) is 4.33. The van der Waals surface area contributed by atoms with Gasteiger partial charge in [-0.1, -0.05) is 38.1 Å². The zero-order chi connectivity index (χ0) is 18.8. The molecule has 0 aliphatic heterocycles. The van der Waals surface area contributed by atoms with Crippen molar-refractivity contribution in [3.05, 3.63) is 72.2 Å². The lowest BCUT2D eigenvalue weighted by Crippen LogP contribution is -2.14. The van der Waals surface area contributed by atoms with Crippen molar-refractivity contribution in [1.29, 1.82) is 0 Å². The quantitative estimate of drug-likeness (QED) is 0.602. The molecule has 2 heterocycles. The van der Waals surface area contributed by atoms with Gasteiger partial charge in [-0.25, -0.2) is 4.68 Å². The minimum atomic E-state index is -0.177. The molecule has 4 aromatic rings. The van der Waals surface area contributed by atoms with Crippen molar-refractivity contribution in [2.75, 3.05) is 5.32 Å². The lowest BCUT2D eigenvalue weighted by molar-refractivity contribution is 0.102. The summed E-state index contributed by atoms with van der Waals surface area (Å²) in [6, 6.07) is 16.9. The molecule has 7 nitrogen and oxygen atoms in total. The Balaban J connectivity index is 1.70. The normalized spacial score (nSPS) is 11.1. The van der Waals surface area contributed by atoms with Crippen molar-refractivity contribution in [1.82, 2.24) is 25.2 Å². The number of aromatic nitrogens is 5. The molecule has 0 saturated carbocycles. The fraction of sp³-hybridized carbons (Fsp3) is 0.150. The van der Waals surface area contributed by atoms with E-state index in [9.17, 15) is 4.79 Å². The van der Waals surface area contributed by atoms with Gasteiger partial charge in [0.2, 0.25) is 0 Å². The molecule has 7 heteroatoms. The molecule has 134 valence electrons. The fourth-order valence-corrected chi connectivity index (χ4v) is 2.88. The highest BCUT2D eigenvalue weighted by atomic mass is 16.1. The van der Waals surface area contributed by atoms with Crippen LogP contribution in [0.5, 0.6) is 0 Å². The Morgan fingerprint density at radius 3 is 2.70 bits per heavy atom. The lowest BCUT2D eigenvalue weighted by Gasteiger charge is -2.12. The van der Waals surface area contributed by atoms with Crippen LogP contribution >= 0.6 is 0 Å². The summed E-state index contributed by atoms with van der Waals surface area (Å²) in [4.78, 5) is 17.7. The maximum Gasteiger partial charge on any atom is 0.256 e. The molecule has 1 N–H and O–H groups in total. The Labute approximate surface area is 156 Å². The standard InChI is InChI=1S/C20H18N6O/c1-13(2)19-11-17(16-8-3-4-9-18(16)23-19)20(27)22-14-6-5-7-15(10-14)26-12-21-24-25-26/h3-13H,1-2H3,(H,22,27). The Bertz CT molecular complexity index is 1100. The molecule has 4 rings (SSSR count). The summed E-state index contributed by atoms with van der Waals surface area (Å²) < 4.78 is 1.54. The number of hydrogen-bond acceptors (Lipinski definition) is 5. The first-order valence-electron chi connectivity index (χ1n) is 8.66. The topological polar surface area (TPSA) is 85.6 Å². The van der Waals surface area contributed by atoms with Crippen LogP contribution in [-0.4, -0.2) is 31.1 Å². The third-order valence-electron chi connectivity index (χ3n) is 4.29. The van der Waals surface area contributed by atoms with E-state index in [0.29, 0.717) is 11.3 Å². The van der Waals surface area contributed by atoms with E-state index in [4.69, 9.17) is 0 Å². The van der Waals surface area contributed by atoms with E-state index in [1.54, 1.807) is 0 Å². The van der Waals surface area contributed by atoms with Crippen molar-refractivity contribution >= 4 is 22.5 Å². The average molecular weight is 358 g/mol. The number of fused-ring (bicyclic) bond motifs is 1. The van der Waals surface area contributed by atoms with E-state index in [0.717, 1.165) is 22.3 Å². The van der Waals surface area contributed by atoms with Crippen LogP contribution in [0.4, 0.5) is 5.69 Å². The number of nitrogens with one attached hydrogen (secondary N) is 1. The van der Waals surface area contributed by atoms with Crippen molar-refractivity contribution in [3.8, 4) is 5.69 Å². The summed E-state index contributed by atoms with van der Waals surface area (Å²) in [6.07, 6.45) is 1.51. The van der Waals surface area contributed by atoms with Gasteiger partial charge in [-0.2, -0.15) is 0 Å². The Hall–Kier alpha value is -3.61. The van der Waals surface area contributed by atoms with E-state index >= 15 is 0 Å². The molecule has 0 saturated heterocycles. The van der Waals surface area contributed by atoms with Crippen LogP contribution < -0.4 is 5.32 Å². The molecule has 2 aromatic carbocycles. The molecule has 1 amide bonds. The maximum absolute atomic E-state index is 13.0. The molecule has 2 aromatic heterocycles. The largest absolute Gasteiger partial charge is 0.322 e. The number of nitrogens with zero attached hydrogens (tertiary/aromatic N) is 5. The summed E-state index contributed by atoms with van der Waals surface area (Å²) in [7, 11) is 0. The van der Waals surface area contributed by atoms with Crippen molar-refractivity contribution < 1.29 is 4.79 Å². The second-order valence-electron chi connectivity index (χ2n) is 6.53. The summed E-state index contributed by atoms with van der Waals surface area (Å²) in [5.74, 6) is 0.0497. The van der Waals surface area contributed by atoms with Gasteiger partial charge in [0.05, 0.1) is 16.8 Å². The van der Waals surface area contributed by atoms with Crippen molar-refractivity contribution in [3.63, 3.8) is 0 Å². The van der Waals surface area contributed by atoms with Gasteiger partial charge in [0, 0.05) is 16.8 Å². The number of amides is 1. The van der Waals surface area contributed by atoms with Gasteiger partial charge in [0.15, 0.2) is 0 Å². The van der Waals surface area contributed by atoms with Gasteiger partial charge in [-0.05, 0) is 46.7 Å². The molecule has 27 heavy (non-hydrogen) atoms. The average Bonchev–Trinajstić information content (AvgIpc) is 3.22. The summed E-state index contributed by atoms with van der Waals surface area (Å²) in [5, 5.41) is 14.9. The number of para-hydroxylation sites is 1. The summed E-state index contributed by atoms with van der Waals surface area (Å²) in [6.45, 7) is 4.13. The molecule has 0 radical (unpaired) electrons. The maximum atomic E-state index is 13.0. The molecule has 0 bridgehead atoms. The van der Waals surface area contributed by atoms with Crippen LogP contribution in [0.2, 0.25) is 0 Å². The molecule has 0 aliphatic rings. The highest BCUT2D eigenvalue weighted by Gasteiger charge is 2.15. The number of carbonyl (C=O) groups excluding carboxylic acids is 1. The Morgan fingerprint density at radius 2 is 1.93 bits per heavy atom. The molecular weight excluding hydrogens is 340 g/mol. The third kappa shape index (κ3) is 3.39. The number of pyridine rings is 1. The zero-order valence-electron chi connectivity index (χ0n) is 15.0. The number of anilines is 1. The minimum absolute atomic E-state index is 0.177. The van der Waals surface area contributed by atoms with Crippen LogP contribution in [-0.2, 0) is 0 Å². The smallest absolute Gasteiger partial charge is 0.256 e. The van der Waals surface area contributed by atoms with Gasteiger partial charge < -0.3 is 5.32 Å². The number of rotatable bonds is 4. The van der Waals surface area contributed by atoms with Crippen LogP contribution in [0.25, 0.3) is 16.6 Å². The minimum Gasteiger partial charge on any atom is -0.322 e. The van der Waals surface area contributed by atoms with E-state index in [1.165, 1.54) is 11.0 Å². The third-order valence-corrected chi connectivity index (χ3v) is 4.29. The number of benzene rings is 2. The SMILES string of the molecule is CC(C)c1cc(C(=O)Nc2cccc(-n3cnnn3)c2)c2ccccc2n1. The van der Waals surface area contributed by atoms with Gasteiger partial charge in [0.1, 0.15) is 6.33 Å². The van der Waals surface area contributed by atoms with Gasteiger partial charge >= 0.3 is 0 Å². The van der Waals surface area contributed by atoms with E-state index in [1.807, 2.05) is 54.6 Å². The number of carbonyl (C=O) groups is 1. The lowest BCUT2D eigenvalue weighted by atomic mass is 10.0. The number of hydrogen-bond donors (Lipinski definition) is 1. The molecular formula is C20H18N6O. The highest BCUT2D eigenvalue weighted by molar-refractivity contribution is 6.12. The molecule has 0 atom stereocenters. The molecule has 0 aliphatic carbocycles. The first-order chi connectivity index (χ1) is 13.1. The molecule has 0 fully saturated rings. The Morgan fingerprint density at radius 1 is 1.07 bits per heavy atom. The van der Waals surface area contributed by atoms with Crippen molar-refractivity contribution in [2.24, 2.45) is 0 Å². The first-order valence-corrected chi connectivity index (χ1v) is 8.66.